The monoisotopic (exact) mass is 481 g/mol. The van der Waals surface area contributed by atoms with Gasteiger partial charge in [0, 0.05) is 23.3 Å². The molecule has 0 aliphatic heterocycles. The molecule has 28 heavy (non-hydrogen) atoms. The number of ether oxygens (including phenoxy) is 1. The predicted octanol–water partition coefficient (Wildman–Crippen LogP) is 5.48. The maximum absolute atomic E-state index is 12.5. The van der Waals surface area contributed by atoms with Crippen LogP contribution in [0, 0.1) is 0 Å². The minimum atomic E-state index is -0.177. The van der Waals surface area contributed by atoms with Gasteiger partial charge in [-0.1, -0.05) is 35.3 Å². The largest absolute Gasteiger partial charge is 0.487 e. The Morgan fingerprint density at radius 2 is 2.07 bits per heavy atom. The number of aryl methyl sites for hydroxylation is 1. The van der Waals surface area contributed by atoms with Crippen molar-refractivity contribution in [2.24, 2.45) is 0 Å². The summed E-state index contributed by atoms with van der Waals surface area (Å²) in [4.78, 5) is 12.5. The molecule has 0 saturated heterocycles. The average Bonchev–Trinajstić information content (AvgIpc) is 3.05. The minimum Gasteiger partial charge on any atom is -0.487 e. The Morgan fingerprint density at radius 1 is 1.25 bits per heavy atom. The van der Waals surface area contributed by atoms with Gasteiger partial charge in [-0.2, -0.15) is 5.10 Å². The molecule has 3 rings (SSSR count). The Bertz CT molecular complexity index is 991. The van der Waals surface area contributed by atoms with Crippen molar-refractivity contribution in [3.63, 3.8) is 0 Å². The summed E-state index contributed by atoms with van der Waals surface area (Å²) in [5.41, 5.74) is 2.19. The number of benzene rings is 2. The minimum absolute atomic E-state index is 0.177. The highest BCUT2D eigenvalue weighted by atomic mass is 79.9. The molecule has 0 aliphatic carbocycles. The first-order valence-electron chi connectivity index (χ1n) is 8.63. The highest BCUT2D eigenvalue weighted by molar-refractivity contribution is 9.10. The van der Waals surface area contributed by atoms with Gasteiger partial charge < -0.3 is 10.1 Å². The van der Waals surface area contributed by atoms with Crippen molar-refractivity contribution in [2.45, 2.75) is 26.6 Å². The van der Waals surface area contributed by atoms with Crippen LogP contribution in [0.25, 0.3) is 0 Å². The summed E-state index contributed by atoms with van der Waals surface area (Å²) in [6.45, 7) is 3.40. The highest BCUT2D eigenvalue weighted by Gasteiger charge is 2.11. The number of hydrogen-bond acceptors (Lipinski definition) is 3. The molecule has 5 nitrogen and oxygen atoms in total. The van der Waals surface area contributed by atoms with Crippen molar-refractivity contribution in [1.82, 2.24) is 15.1 Å². The third-order valence-electron chi connectivity index (χ3n) is 4.01. The topological polar surface area (TPSA) is 56.2 Å². The zero-order valence-electron chi connectivity index (χ0n) is 15.1. The van der Waals surface area contributed by atoms with Gasteiger partial charge in [0.25, 0.3) is 5.91 Å². The van der Waals surface area contributed by atoms with Crippen LogP contribution in [0.4, 0.5) is 0 Å². The normalized spacial score (nSPS) is 10.7. The first-order valence-corrected chi connectivity index (χ1v) is 10.2. The molecule has 2 aromatic carbocycles. The van der Waals surface area contributed by atoms with E-state index in [9.17, 15) is 4.79 Å². The zero-order valence-corrected chi connectivity index (χ0v) is 18.2. The molecule has 1 N–H and O–H groups in total. The molecule has 8 heteroatoms. The number of aromatic nitrogens is 2. The van der Waals surface area contributed by atoms with Crippen molar-refractivity contribution in [1.29, 1.82) is 0 Å². The Labute approximate surface area is 181 Å². The molecule has 0 aliphatic rings. The number of nitrogens with zero attached hydrogens (tertiary/aromatic N) is 2. The smallest absolute Gasteiger partial charge is 0.251 e. The van der Waals surface area contributed by atoms with Crippen molar-refractivity contribution in [3.8, 4) is 5.75 Å². The van der Waals surface area contributed by atoms with Crippen LogP contribution in [0.3, 0.4) is 0 Å². The van der Waals surface area contributed by atoms with E-state index < -0.39 is 0 Å². The number of hydrogen-bond donors (Lipinski definition) is 1. The van der Waals surface area contributed by atoms with E-state index in [1.165, 1.54) is 0 Å². The number of amides is 1. The van der Waals surface area contributed by atoms with Crippen molar-refractivity contribution in [3.05, 3.63) is 80.0 Å². The first-order chi connectivity index (χ1) is 13.5. The lowest BCUT2D eigenvalue weighted by molar-refractivity contribution is 0.0950. The molecule has 0 fully saturated rings. The van der Waals surface area contributed by atoms with E-state index in [0.29, 0.717) is 27.9 Å². The van der Waals surface area contributed by atoms with Gasteiger partial charge in [0.05, 0.1) is 21.7 Å². The molecule has 0 spiro atoms. The summed E-state index contributed by atoms with van der Waals surface area (Å²) in [7, 11) is 0. The van der Waals surface area contributed by atoms with Crippen LogP contribution in [0.15, 0.2) is 53.1 Å². The standard InChI is InChI=1S/C20H18BrCl2N3O2/c1-2-26-11-16(21)18(25-26)10-24-20(27)14-5-3-4-13(8-14)12-28-19-7-6-15(22)9-17(19)23/h3-9,11H,2,10,12H2,1H3,(H,24,27). The lowest BCUT2D eigenvalue weighted by Crippen LogP contribution is -2.23. The van der Waals surface area contributed by atoms with Crippen LogP contribution < -0.4 is 10.1 Å². The first kappa shape index (κ1) is 20.7. The van der Waals surface area contributed by atoms with Gasteiger partial charge in [-0.25, -0.2) is 0 Å². The van der Waals surface area contributed by atoms with Crippen LogP contribution in [-0.4, -0.2) is 15.7 Å². The van der Waals surface area contributed by atoms with Crippen molar-refractivity contribution < 1.29 is 9.53 Å². The van der Waals surface area contributed by atoms with Gasteiger partial charge in [0.2, 0.25) is 0 Å². The predicted molar refractivity (Wildman–Crippen MR) is 114 cm³/mol. The summed E-state index contributed by atoms with van der Waals surface area (Å²) < 4.78 is 8.41. The summed E-state index contributed by atoms with van der Waals surface area (Å²) in [5, 5.41) is 8.28. The lowest BCUT2D eigenvalue weighted by Gasteiger charge is -2.10. The quantitative estimate of drug-likeness (QED) is 0.485. The van der Waals surface area contributed by atoms with Gasteiger partial charge in [0.15, 0.2) is 0 Å². The molecule has 1 heterocycles. The second-order valence-corrected chi connectivity index (χ2v) is 7.72. The van der Waals surface area contributed by atoms with Gasteiger partial charge in [-0.05, 0) is 58.7 Å². The molecule has 146 valence electrons. The summed E-state index contributed by atoms with van der Waals surface area (Å²) in [6.07, 6.45) is 1.89. The average molecular weight is 483 g/mol. The number of carbonyl (C=O) groups is 1. The lowest BCUT2D eigenvalue weighted by atomic mass is 10.1. The second kappa shape index (κ2) is 9.45. The van der Waals surface area contributed by atoms with Crippen LogP contribution in [0.5, 0.6) is 5.75 Å². The van der Waals surface area contributed by atoms with Gasteiger partial charge in [-0.3, -0.25) is 9.48 Å². The number of carbonyl (C=O) groups excluding carboxylic acids is 1. The molecule has 0 bridgehead atoms. The molecule has 1 amide bonds. The molecule has 3 aromatic rings. The molecule has 0 radical (unpaired) electrons. The molecule has 0 unspecified atom stereocenters. The maximum atomic E-state index is 12.5. The third-order valence-corrected chi connectivity index (χ3v) is 5.20. The van der Waals surface area contributed by atoms with Crippen LogP contribution >= 0.6 is 39.1 Å². The Balaban J connectivity index is 1.61. The van der Waals surface area contributed by atoms with E-state index in [-0.39, 0.29) is 12.5 Å². The van der Waals surface area contributed by atoms with Crippen molar-refractivity contribution in [2.75, 3.05) is 0 Å². The fourth-order valence-corrected chi connectivity index (χ4v) is 3.46. The third kappa shape index (κ3) is 5.28. The van der Waals surface area contributed by atoms with E-state index in [1.807, 2.05) is 29.9 Å². The van der Waals surface area contributed by atoms with E-state index in [1.54, 1.807) is 30.3 Å². The molecular weight excluding hydrogens is 465 g/mol. The van der Waals surface area contributed by atoms with Crippen LogP contribution in [0.2, 0.25) is 10.0 Å². The van der Waals surface area contributed by atoms with E-state index in [2.05, 4.69) is 26.3 Å². The Kier molecular flexibility index (Phi) is 6.99. The fraction of sp³-hybridized carbons (Fsp3) is 0.200. The second-order valence-electron chi connectivity index (χ2n) is 6.03. The summed E-state index contributed by atoms with van der Waals surface area (Å²) in [6, 6.07) is 12.3. The van der Waals surface area contributed by atoms with Crippen molar-refractivity contribution >= 4 is 45.0 Å². The van der Waals surface area contributed by atoms with Gasteiger partial charge in [0.1, 0.15) is 12.4 Å². The number of nitrogens with one attached hydrogen (secondary N) is 1. The number of rotatable bonds is 7. The summed E-state index contributed by atoms with van der Waals surface area (Å²) in [5.74, 6) is 0.363. The SMILES string of the molecule is CCn1cc(Br)c(CNC(=O)c2cccc(COc3ccc(Cl)cc3Cl)c2)n1. The zero-order chi connectivity index (χ0) is 20.1. The fourth-order valence-electron chi connectivity index (χ4n) is 2.54. The molecule has 0 saturated carbocycles. The number of halogens is 3. The van der Waals surface area contributed by atoms with Crippen LogP contribution in [0.1, 0.15) is 28.5 Å². The highest BCUT2D eigenvalue weighted by Crippen LogP contribution is 2.28. The summed E-state index contributed by atoms with van der Waals surface area (Å²) >= 11 is 15.5. The molecule has 1 aromatic heterocycles. The van der Waals surface area contributed by atoms with Gasteiger partial charge in [-0.15, -0.1) is 0 Å². The van der Waals surface area contributed by atoms with Crippen LogP contribution in [-0.2, 0) is 19.7 Å². The Hall–Kier alpha value is -2.02. The molecular formula is C20H18BrCl2N3O2. The van der Waals surface area contributed by atoms with E-state index in [0.717, 1.165) is 22.3 Å². The maximum Gasteiger partial charge on any atom is 0.251 e. The Morgan fingerprint density at radius 3 is 2.79 bits per heavy atom. The van der Waals surface area contributed by atoms with Gasteiger partial charge >= 0.3 is 0 Å². The molecule has 0 atom stereocenters. The van der Waals surface area contributed by atoms with E-state index in [4.69, 9.17) is 27.9 Å². The van der Waals surface area contributed by atoms with E-state index >= 15 is 0 Å².